The Balaban J connectivity index is 2.12. The molecule has 76 valence electrons. The van der Waals surface area contributed by atoms with E-state index in [4.69, 9.17) is 4.74 Å². The van der Waals surface area contributed by atoms with Crippen molar-refractivity contribution in [2.45, 2.75) is 19.4 Å². The first-order chi connectivity index (χ1) is 6.67. The van der Waals surface area contributed by atoms with Gasteiger partial charge in [0.2, 0.25) is 0 Å². The second-order valence-corrected chi connectivity index (χ2v) is 4.24. The Hall–Kier alpha value is -1.09. The van der Waals surface area contributed by atoms with E-state index in [9.17, 15) is 0 Å². The monoisotopic (exact) mass is 192 g/mol. The van der Waals surface area contributed by atoms with E-state index in [-0.39, 0.29) is 5.60 Å². The first-order valence-electron chi connectivity index (χ1n) is 4.96. The average Bonchev–Trinajstić information content (AvgIpc) is 2.18. The fourth-order valence-electron chi connectivity index (χ4n) is 1.78. The van der Waals surface area contributed by atoms with Crippen LogP contribution in [0.5, 0.6) is 0 Å². The minimum atomic E-state index is -0.0475. The predicted molar refractivity (Wildman–Crippen MR) is 56.5 cm³/mol. The molecule has 1 aliphatic heterocycles. The molecule has 2 heterocycles. The molecular weight excluding hydrogens is 176 g/mol. The van der Waals surface area contributed by atoms with Gasteiger partial charge < -0.3 is 9.64 Å². The minimum Gasteiger partial charge on any atom is -0.372 e. The number of rotatable bonds is 1. The van der Waals surface area contributed by atoms with Crippen molar-refractivity contribution in [1.29, 1.82) is 0 Å². The van der Waals surface area contributed by atoms with E-state index in [2.05, 4.69) is 29.8 Å². The average molecular weight is 192 g/mol. The summed E-state index contributed by atoms with van der Waals surface area (Å²) in [6, 6.07) is 4.06. The zero-order valence-electron chi connectivity index (χ0n) is 8.73. The Morgan fingerprint density at radius 3 is 3.00 bits per heavy atom. The van der Waals surface area contributed by atoms with Crippen LogP contribution >= 0.6 is 0 Å². The molecule has 3 nitrogen and oxygen atoms in total. The van der Waals surface area contributed by atoms with Crippen LogP contribution in [0.25, 0.3) is 0 Å². The van der Waals surface area contributed by atoms with E-state index in [1.165, 1.54) is 5.69 Å². The second kappa shape index (κ2) is 3.58. The van der Waals surface area contributed by atoms with E-state index in [0.29, 0.717) is 0 Å². The Bertz CT molecular complexity index is 297. The Kier molecular flexibility index (Phi) is 2.42. The molecule has 1 aromatic rings. The highest BCUT2D eigenvalue weighted by atomic mass is 16.5. The molecule has 14 heavy (non-hydrogen) atoms. The molecule has 0 aliphatic carbocycles. The maximum atomic E-state index is 5.65. The molecular formula is C11H16N2O. The molecule has 0 N–H and O–H groups in total. The summed E-state index contributed by atoms with van der Waals surface area (Å²) in [6.07, 6.45) is 3.70. The molecule has 0 bridgehead atoms. The molecule has 1 aliphatic rings. The van der Waals surface area contributed by atoms with Gasteiger partial charge in [-0.3, -0.25) is 4.98 Å². The standard InChI is InChI=1S/C11H16N2O/c1-11(2)9-13(6-7-14-11)10-4-3-5-12-8-10/h3-5,8H,6-7,9H2,1-2H3. The molecule has 0 atom stereocenters. The van der Waals surface area contributed by atoms with Gasteiger partial charge in [0, 0.05) is 19.3 Å². The Morgan fingerprint density at radius 1 is 1.50 bits per heavy atom. The third-order valence-electron chi connectivity index (χ3n) is 2.44. The SMILES string of the molecule is CC1(C)CN(c2cccnc2)CCO1. The normalized spacial score (nSPS) is 20.9. The van der Waals surface area contributed by atoms with Crippen molar-refractivity contribution in [1.82, 2.24) is 4.98 Å². The van der Waals surface area contributed by atoms with Gasteiger partial charge in [-0.1, -0.05) is 0 Å². The number of ether oxygens (including phenoxy) is 1. The molecule has 0 radical (unpaired) electrons. The van der Waals surface area contributed by atoms with E-state index in [1.54, 1.807) is 6.20 Å². The van der Waals surface area contributed by atoms with Crippen LogP contribution in [0, 0.1) is 0 Å². The largest absolute Gasteiger partial charge is 0.372 e. The van der Waals surface area contributed by atoms with Crippen LogP contribution in [0.3, 0.4) is 0 Å². The van der Waals surface area contributed by atoms with Crippen LogP contribution < -0.4 is 4.90 Å². The molecule has 0 spiro atoms. The van der Waals surface area contributed by atoms with E-state index in [1.807, 2.05) is 12.3 Å². The third kappa shape index (κ3) is 2.04. The van der Waals surface area contributed by atoms with Crippen LogP contribution in [-0.4, -0.2) is 30.3 Å². The predicted octanol–water partition coefficient (Wildman–Crippen LogP) is 1.70. The number of morpholine rings is 1. The summed E-state index contributed by atoms with van der Waals surface area (Å²) in [4.78, 5) is 6.44. The van der Waals surface area contributed by atoms with Crippen LogP contribution in [-0.2, 0) is 4.74 Å². The van der Waals surface area contributed by atoms with Crippen molar-refractivity contribution in [3.05, 3.63) is 24.5 Å². The molecule has 3 heteroatoms. The highest BCUT2D eigenvalue weighted by molar-refractivity contribution is 5.44. The molecule has 1 aromatic heterocycles. The van der Waals surface area contributed by atoms with Gasteiger partial charge in [0.1, 0.15) is 0 Å². The first kappa shape index (κ1) is 9.46. The van der Waals surface area contributed by atoms with Gasteiger partial charge in [-0.25, -0.2) is 0 Å². The molecule has 0 amide bonds. The molecule has 0 unspecified atom stereocenters. The van der Waals surface area contributed by atoms with Crippen molar-refractivity contribution in [3.63, 3.8) is 0 Å². The lowest BCUT2D eigenvalue weighted by molar-refractivity contribution is -0.0277. The van der Waals surface area contributed by atoms with Crippen molar-refractivity contribution >= 4 is 5.69 Å². The lowest BCUT2D eigenvalue weighted by atomic mass is 10.1. The van der Waals surface area contributed by atoms with Gasteiger partial charge in [-0.05, 0) is 26.0 Å². The Morgan fingerprint density at radius 2 is 2.36 bits per heavy atom. The number of aromatic nitrogens is 1. The molecule has 1 saturated heterocycles. The molecule has 0 aromatic carbocycles. The third-order valence-corrected chi connectivity index (χ3v) is 2.44. The number of nitrogens with zero attached hydrogens (tertiary/aromatic N) is 2. The van der Waals surface area contributed by atoms with Gasteiger partial charge in [-0.2, -0.15) is 0 Å². The van der Waals surface area contributed by atoms with Gasteiger partial charge in [-0.15, -0.1) is 0 Å². The van der Waals surface area contributed by atoms with Crippen molar-refractivity contribution in [2.75, 3.05) is 24.6 Å². The smallest absolute Gasteiger partial charge is 0.0801 e. The molecule has 0 saturated carbocycles. The van der Waals surface area contributed by atoms with Gasteiger partial charge in [0.05, 0.1) is 24.1 Å². The Labute approximate surface area is 84.7 Å². The summed E-state index contributed by atoms with van der Waals surface area (Å²) in [7, 11) is 0. The van der Waals surface area contributed by atoms with Crippen molar-refractivity contribution < 1.29 is 4.74 Å². The fourth-order valence-corrected chi connectivity index (χ4v) is 1.78. The van der Waals surface area contributed by atoms with Crippen LogP contribution in [0.2, 0.25) is 0 Å². The number of hydrogen-bond donors (Lipinski definition) is 0. The highest BCUT2D eigenvalue weighted by Gasteiger charge is 2.27. The lowest BCUT2D eigenvalue weighted by Crippen LogP contribution is -2.48. The quantitative estimate of drug-likeness (QED) is 0.677. The van der Waals surface area contributed by atoms with Crippen LogP contribution in [0.15, 0.2) is 24.5 Å². The van der Waals surface area contributed by atoms with Crippen molar-refractivity contribution in [3.8, 4) is 0 Å². The summed E-state index contributed by atoms with van der Waals surface area (Å²) < 4.78 is 5.65. The molecule has 1 fully saturated rings. The van der Waals surface area contributed by atoms with Gasteiger partial charge >= 0.3 is 0 Å². The number of pyridine rings is 1. The second-order valence-electron chi connectivity index (χ2n) is 4.24. The summed E-state index contributed by atoms with van der Waals surface area (Å²) in [6.45, 7) is 6.92. The van der Waals surface area contributed by atoms with E-state index < -0.39 is 0 Å². The summed E-state index contributed by atoms with van der Waals surface area (Å²) in [5.41, 5.74) is 1.14. The zero-order valence-corrected chi connectivity index (χ0v) is 8.73. The maximum Gasteiger partial charge on any atom is 0.0801 e. The van der Waals surface area contributed by atoms with E-state index in [0.717, 1.165) is 19.7 Å². The van der Waals surface area contributed by atoms with E-state index >= 15 is 0 Å². The van der Waals surface area contributed by atoms with Crippen LogP contribution in [0.1, 0.15) is 13.8 Å². The van der Waals surface area contributed by atoms with Crippen molar-refractivity contribution in [2.24, 2.45) is 0 Å². The maximum absolute atomic E-state index is 5.65. The lowest BCUT2D eigenvalue weighted by Gasteiger charge is -2.39. The number of anilines is 1. The molecule has 2 rings (SSSR count). The number of hydrogen-bond acceptors (Lipinski definition) is 3. The summed E-state index contributed by atoms with van der Waals surface area (Å²) in [5, 5.41) is 0. The fraction of sp³-hybridized carbons (Fsp3) is 0.545. The minimum absolute atomic E-state index is 0.0475. The summed E-state index contributed by atoms with van der Waals surface area (Å²) in [5.74, 6) is 0. The first-order valence-corrected chi connectivity index (χ1v) is 4.96. The van der Waals surface area contributed by atoms with Crippen LogP contribution in [0.4, 0.5) is 5.69 Å². The van der Waals surface area contributed by atoms with Gasteiger partial charge in [0.25, 0.3) is 0 Å². The highest BCUT2D eigenvalue weighted by Crippen LogP contribution is 2.21. The topological polar surface area (TPSA) is 25.4 Å². The summed E-state index contributed by atoms with van der Waals surface area (Å²) >= 11 is 0. The van der Waals surface area contributed by atoms with Gasteiger partial charge in [0.15, 0.2) is 0 Å². The zero-order chi connectivity index (χ0) is 10.0.